The third-order valence-electron chi connectivity index (χ3n) is 5.43. The molecule has 4 heteroatoms. The van der Waals surface area contributed by atoms with E-state index in [0.29, 0.717) is 6.04 Å². The summed E-state index contributed by atoms with van der Waals surface area (Å²) in [6, 6.07) is 11.7. The Bertz CT molecular complexity index is 448. The molecule has 0 N–H and O–H groups in total. The number of hydrogen-bond acceptors (Lipinski definition) is 4. The van der Waals surface area contributed by atoms with Crippen LogP contribution in [-0.2, 0) is 6.42 Å². The lowest BCUT2D eigenvalue weighted by molar-refractivity contribution is 0.0690. The molecule has 1 unspecified atom stereocenters. The number of likely N-dealkylation sites (N-methyl/N-ethyl adjacent to an activating group) is 2. The molecule has 128 valence electrons. The highest BCUT2D eigenvalue weighted by atomic mass is 15.3. The summed E-state index contributed by atoms with van der Waals surface area (Å²) in [4.78, 5) is 10.3. The first-order valence-electron chi connectivity index (χ1n) is 9.08. The van der Waals surface area contributed by atoms with Gasteiger partial charge in [0.2, 0.25) is 0 Å². The van der Waals surface area contributed by atoms with Crippen LogP contribution in [0.25, 0.3) is 0 Å². The molecule has 3 rings (SSSR count). The lowest BCUT2D eigenvalue weighted by atomic mass is 10.0. The first-order chi connectivity index (χ1) is 11.2. The molecular weight excluding hydrogens is 284 g/mol. The molecule has 0 radical (unpaired) electrons. The summed E-state index contributed by atoms with van der Waals surface area (Å²) in [7, 11) is 4.48. The van der Waals surface area contributed by atoms with Gasteiger partial charge in [-0.15, -0.1) is 0 Å². The fourth-order valence-electron chi connectivity index (χ4n) is 3.71. The monoisotopic (exact) mass is 316 g/mol. The molecule has 0 spiro atoms. The predicted molar refractivity (Wildman–Crippen MR) is 96.9 cm³/mol. The van der Waals surface area contributed by atoms with Gasteiger partial charge in [0.05, 0.1) is 0 Å². The lowest BCUT2D eigenvalue weighted by Gasteiger charge is -2.41. The van der Waals surface area contributed by atoms with Crippen LogP contribution < -0.4 is 0 Å². The molecule has 2 heterocycles. The Balaban J connectivity index is 1.63. The molecule has 2 fully saturated rings. The van der Waals surface area contributed by atoms with Gasteiger partial charge in [-0.1, -0.05) is 30.3 Å². The largest absolute Gasteiger partial charge is 0.304 e. The van der Waals surface area contributed by atoms with Crippen LogP contribution in [0.3, 0.4) is 0 Å². The highest BCUT2D eigenvalue weighted by Gasteiger charge is 2.25. The van der Waals surface area contributed by atoms with Crippen molar-refractivity contribution in [2.24, 2.45) is 0 Å². The molecule has 2 aliphatic rings. The number of nitrogens with zero attached hydrogens (tertiary/aromatic N) is 4. The fraction of sp³-hybridized carbons (Fsp3) is 0.684. The van der Waals surface area contributed by atoms with Crippen molar-refractivity contribution in [2.45, 2.75) is 12.5 Å². The normalized spacial score (nSPS) is 23.9. The van der Waals surface area contributed by atoms with E-state index in [9.17, 15) is 0 Å². The summed E-state index contributed by atoms with van der Waals surface area (Å²) < 4.78 is 0. The van der Waals surface area contributed by atoms with Crippen molar-refractivity contribution in [3.8, 4) is 0 Å². The average Bonchev–Trinajstić information content (AvgIpc) is 2.58. The Morgan fingerprint density at radius 2 is 1.35 bits per heavy atom. The molecule has 0 bridgehead atoms. The van der Waals surface area contributed by atoms with Gasteiger partial charge in [-0.3, -0.25) is 9.80 Å². The zero-order valence-corrected chi connectivity index (χ0v) is 14.8. The van der Waals surface area contributed by atoms with E-state index >= 15 is 0 Å². The SMILES string of the molecule is CN1CCN(CC(Cc2ccccc2)N2CCN(C)CC2)CC1. The molecule has 0 saturated carbocycles. The van der Waals surface area contributed by atoms with E-state index in [1.807, 2.05) is 0 Å². The minimum Gasteiger partial charge on any atom is -0.304 e. The van der Waals surface area contributed by atoms with Crippen LogP contribution in [0.4, 0.5) is 0 Å². The van der Waals surface area contributed by atoms with Crippen molar-refractivity contribution in [1.82, 2.24) is 19.6 Å². The molecular formula is C19H32N4. The zero-order valence-electron chi connectivity index (χ0n) is 14.8. The quantitative estimate of drug-likeness (QED) is 0.806. The minimum atomic E-state index is 0.648. The van der Waals surface area contributed by atoms with E-state index in [1.165, 1.54) is 70.9 Å². The van der Waals surface area contributed by atoms with Gasteiger partial charge in [0, 0.05) is 64.9 Å². The Morgan fingerprint density at radius 3 is 1.96 bits per heavy atom. The summed E-state index contributed by atoms with van der Waals surface area (Å²) in [5, 5.41) is 0. The highest BCUT2D eigenvalue weighted by molar-refractivity contribution is 5.16. The van der Waals surface area contributed by atoms with Gasteiger partial charge in [-0.2, -0.15) is 0 Å². The maximum atomic E-state index is 2.73. The van der Waals surface area contributed by atoms with Gasteiger partial charge in [-0.25, -0.2) is 0 Å². The zero-order chi connectivity index (χ0) is 16.1. The van der Waals surface area contributed by atoms with E-state index < -0.39 is 0 Å². The van der Waals surface area contributed by atoms with E-state index in [-0.39, 0.29) is 0 Å². The number of hydrogen-bond donors (Lipinski definition) is 0. The molecule has 4 nitrogen and oxygen atoms in total. The van der Waals surface area contributed by atoms with Crippen LogP contribution in [0.2, 0.25) is 0 Å². The van der Waals surface area contributed by atoms with E-state index in [2.05, 4.69) is 64.0 Å². The first-order valence-corrected chi connectivity index (χ1v) is 9.08. The van der Waals surface area contributed by atoms with Crippen LogP contribution in [0.5, 0.6) is 0 Å². The highest BCUT2D eigenvalue weighted by Crippen LogP contribution is 2.14. The van der Waals surface area contributed by atoms with Crippen molar-refractivity contribution >= 4 is 0 Å². The fourth-order valence-corrected chi connectivity index (χ4v) is 3.71. The first kappa shape index (κ1) is 16.9. The standard InChI is InChI=1S/C19H32N4/c1-20-8-12-22(13-9-20)17-19(16-18-6-4-3-5-7-18)23-14-10-21(2)11-15-23/h3-7,19H,8-17H2,1-2H3. The maximum Gasteiger partial charge on any atom is 0.0264 e. The molecule has 0 aliphatic carbocycles. The van der Waals surface area contributed by atoms with Crippen molar-refractivity contribution in [1.29, 1.82) is 0 Å². The third kappa shape index (κ3) is 5.01. The van der Waals surface area contributed by atoms with Gasteiger partial charge in [0.1, 0.15) is 0 Å². The summed E-state index contributed by atoms with van der Waals surface area (Å²) in [6.45, 7) is 10.9. The van der Waals surface area contributed by atoms with Gasteiger partial charge in [0.15, 0.2) is 0 Å². The summed E-state index contributed by atoms with van der Waals surface area (Å²) in [6.07, 6.45) is 1.18. The molecule has 23 heavy (non-hydrogen) atoms. The molecule has 2 aliphatic heterocycles. The van der Waals surface area contributed by atoms with Crippen molar-refractivity contribution in [3.05, 3.63) is 35.9 Å². The van der Waals surface area contributed by atoms with E-state index in [4.69, 9.17) is 0 Å². The van der Waals surface area contributed by atoms with Crippen LogP contribution in [0.15, 0.2) is 30.3 Å². The smallest absolute Gasteiger partial charge is 0.0264 e. The molecule has 0 aromatic heterocycles. The van der Waals surface area contributed by atoms with Crippen LogP contribution in [0.1, 0.15) is 5.56 Å². The Kier molecular flexibility index (Phi) is 6.06. The molecule has 0 amide bonds. The summed E-state index contributed by atoms with van der Waals surface area (Å²) in [5.41, 5.74) is 1.48. The number of rotatable bonds is 5. The Labute approximate surface area is 141 Å². The van der Waals surface area contributed by atoms with Gasteiger partial charge >= 0.3 is 0 Å². The van der Waals surface area contributed by atoms with Gasteiger partial charge < -0.3 is 9.80 Å². The minimum absolute atomic E-state index is 0.648. The molecule has 1 atom stereocenters. The predicted octanol–water partition coefficient (Wildman–Crippen LogP) is 1.09. The molecule has 1 aromatic rings. The second kappa shape index (κ2) is 8.25. The Hall–Kier alpha value is -0.940. The van der Waals surface area contributed by atoms with Gasteiger partial charge in [0.25, 0.3) is 0 Å². The summed E-state index contributed by atoms with van der Waals surface area (Å²) >= 11 is 0. The van der Waals surface area contributed by atoms with E-state index in [1.54, 1.807) is 0 Å². The number of piperazine rings is 2. The van der Waals surface area contributed by atoms with Gasteiger partial charge in [-0.05, 0) is 26.1 Å². The maximum absolute atomic E-state index is 2.73. The molecule has 1 aromatic carbocycles. The average molecular weight is 316 g/mol. The van der Waals surface area contributed by atoms with Crippen molar-refractivity contribution < 1.29 is 0 Å². The Morgan fingerprint density at radius 1 is 0.783 bits per heavy atom. The lowest BCUT2D eigenvalue weighted by Crippen LogP contribution is -2.55. The topological polar surface area (TPSA) is 13.0 Å². The van der Waals surface area contributed by atoms with Crippen LogP contribution in [0, 0.1) is 0 Å². The summed E-state index contributed by atoms with van der Waals surface area (Å²) in [5.74, 6) is 0. The van der Waals surface area contributed by atoms with Crippen LogP contribution in [-0.4, -0.2) is 98.6 Å². The van der Waals surface area contributed by atoms with Crippen molar-refractivity contribution in [3.63, 3.8) is 0 Å². The van der Waals surface area contributed by atoms with E-state index in [0.717, 1.165) is 0 Å². The second-order valence-corrected chi connectivity index (χ2v) is 7.29. The second-order valence-electron chi connectivity index (χ2n) is 7.29. The van der Waals surface area contributed by atoms with Crippen molar-refractivity contribution in [2.75, 3.05) is 73.0 Å². The molecule has 2 saturated heterocycles. The number of benzene rings is 1. The third-order valence-corrected chi connectivity index (χ3v) is 5.43. The van der Waals surface area contributed by atoms with Crippen LogP contribution >= 0.6 is 0 Å².